The maximum Gasteiger partial charge on any atom is 0.307 e. The number of nitrogens with zero attached hydrogens (tertiary/aromatic N) is 2. The second kappa shape index (κ2) is 2.55. The van der Waals surface area contributed by atoms with Gasteiger partial charge in [-0.15, -0.1) is 0 Å². The minimum absolute atomic E-state index is 0.0451. The van der Waals surface area contributed by atoms with E-state index in [9.17, 15) is 4.79 Å². The molecule has 1 N–H and O–H groups in total. The van der Waals surface area contributed by atoms with Gasteiger partial charge in [0.05, 0.1) is 5.92 Å². The number of hydrogen-bond donors (Lipinski definition) is 1. The Kier molecular flexibility index (Phi) is 1.53. The van der Waals surface area contributed by atoms with Gasteiger partial charge in [0.15, 0.2) is 0 Å². The highest BCUT2D eigenvalue weighted by molar-refractivity contribution is 5.74. The molecule has 1 aromatic heterocycles. The molecule has 2 atom stereocenters. The summed E-state index contributed by atoms with van der Waals surface area (Å²) in [7, 11) is 0. The van der Waals surface area contributed by atoms with Crippen molar-refractivity contribution in [3.63, 3.8) is 0 Å². The summed E-state index contributed by atoms with van der Waals surface area (Å²) >= 11 is 0. The first-order valence-corrected chi connectivity index (χ1v) is 3.79. The van der Waals surface area contributed by atoms with Crippen LogP contribution in [0, 0.1) is 5.92 Å². The molecule has 1 saturated carbocycles. The average Bonchev–Trinajstić information content (AvgIpc) is 2.84. The Bertz CT molecular complexity index is 299. The Morgan fingerprint density at radius 2 is 2.17 bits per heavy atom. The third kappa shape index (κ3) is 1.15. The van der Waals surface area contributed by atoms with Crippen molar-refractivity contribution in [3.8, 4) is 0 Å². The largest absolute Gasteiger partial charge is 0.481 e. The molecule has 0 saturated heterocycles. The van der Waals surface area contributed by atoms with Gasteiger partial charge in [0, 0.05) is 18.3 Å². The smallest absolute Gasteiger partial charge is 0.307 e. The van der Waals surface area contributed by atoms with Crippen molar-refractivity contribution < 1.29 is 9.90 Å². The molecule has 0 unspecified atom stereocenters. The molecule has 0 spiro atoms. The fraction of sp³-hybridized carbons (Fsp3) is 0.375. The number of carboxylic acid groups (broad SMARTS) is 1. The fourth-order valence-corrected chi connectivity index (χ4v) is 1.26. The number of aliphatic carboxylic acids is 1. The Balaban J connectivity index is 2.11. The molecule has 62 valence electrons. The lowest BCUT2D eigenvalue weighted by Crippen LogP contribution is -2.00. The van der Waals surface area contributed by atoms with Crippen LogP contribution in [-0.2, 0) is 4.79 Å². The molecule has 1 aromatic rings. The van der Waals surface area contributed by atoms with Crippen LogP contribution >= 0.6 is 0 Å². The van der Waals surface area contributed by atoms with Gasteiger partial charge in [-0.05, 0) is 12.5 Å². The molecule has 1 aliphatic carbocycles. The van der Waals surface area contributed by atoms with Crippen molar-refractivity contribution in [2.75, 3.05) is 0 Å². The number of hydrogen-bond acceptors (Lipinski definition) is 3. The lowest BCUT2D eigenvalue weighted by molar-refractivity contribution is -0.138. The quantitative estimate of drug-likeness (QED) is 0.697. The Morgan fingerprint density at radius 3 is 2.67 bits per heavy atom. The highest BCUT2D eigenvalue weighted by Gasteiger charge is 2.46. The molecule has 4 nitrogen and oxygen atoms in total. The molecular formula is C8H8N2O2. The summed E-state index contributed by atoms with van der Waals surface area (Å²) in [6.07, 6.45) is 3.96. The molecular weight excluding hydrogens is 156 g/mol. The first-order chi connectivity index (χ1) is 5.79. The topological polar surface area (TPSA) is 63.1 Å². The molecule has 2 rings (SSSR count). The van der Waals surface area contributed by atoms with Crippen LogP contribution in [0.1, 0.15) is 18.2 Å². The van der Waals surface area contributed by atoms with Crippen molar-refractivity contribution in [1.82, 2.24) is 9.97 Å². The predicted molar refractivity (Wildman–Crippen MR) is 40.5 cm³/mol. The van der Waals surface area contributed by atoms with E-state index in [2.05, 4.69) is 9.97 Å². The Hall–Kier alpha value is -1.45. The summed E-state index contributed by atoms with van der Waals surface area (Å²) in [5.41, 5.74) is 0. The van der Waals surface area contributed by atoms with Crippen LogP contribution in [0.25, 0.3) is 0 Å². The second-order valence-electron chi connectivity index (χ2n) is 2.89. The monoisotopic (exact) mass is 164 g/mol. The third-order valence-corrected chi connectivity index (χ3v) is 2.03. The van der Waals surface area contributed by atoms with Crippen LogP contribution in [0.3, 0.4) is 0 Å². The summed E-state index contributed by atoms with van der Waals surface area (Å²) < 4.78 is 0. The zero-order chi connectivity index (χ0) is 8.55. The van der Waals surface area contributed by atoms with Crippen LogP contribution in [-0.4, -0.2) is 21.0 Å². The first-order valence-electron chi connectivity index (χ1n) is 3.79. The van der Waals surface area contributed by atoms with Crippen LogP contribution in [0.2, 0.25) is 0 Å². The first kappa shape index (κ1) is 7.21. The number of carboxylic acids is 1. The average molecular weight is 164 g/mol. The Labute approximate surface area is 69.3 Å². The van der Waals surface area contributed by atoms with Crippen molar-refractivity contribution in [1.29, 1.82) is 0 Å². The van der Waals surface area contributed by atoms with Crippen LogP contribution in [0.5, 0.6) is 0 Å². The maximum absolute atomic E-state index is 10.5. The number of carbonyl (C=O) groups is 1. The van der Waals surface area contributed by atoms with Crippen LogP contribution in [0.4, 0.5) is 0 Å². The molecule has 0 radical (unpaired) electrons. The zero-order valence-corrected chi connectivity index (χ0v) is 6.34. The van der Waals surface area contributed by atoms with Crippen molar-refractivity contribution in [3.05, 3.63) is 24.3 Å². The summed E-state index contributed by atoms with van der Waals surface area (Å²) in [4.78, 5) is 18.5. The summed E-state index contributed by atoms with van der Waals surface area (Å²) in [5.74, 6) is -0.298. The highest BCUT2D eigenvalue weighted by Crippen LogP contribution is 2.45. The summed E-state index contributed by atoms with van der Waals surface area (Å²) in [5, 5.41) is 8.63. The van der Waals surface area contributed by atoms with Crippen LogP contribution < -0.4 is 0 Å². The van der Waals surface area contributed by atoms with Gasteiger partial charge in [0.25, 0.3) is 0 Å². The molecule has 1 aliphatic rings. The Morgan fingerprint density at radius 1 is 1.50 bits per heavy atom. The van der Waals surface area contributed by atoms with E-state index in [1.54, 1.807) is 18.5 Å². The number of aromatic nitrogens is 2. The van der Waals surface area contributed by atoms with E-state index in [1.165, 1.54) is 0 Å². The van der Waals surface area contributed by atoms with Gasteiger partial charge in [-0.1, -0.05) is 0 Å². The van der Waals surface area contributed by atoms with E-state index in [-0.39, 0.29) is 11.8 Å². The molecule has 0 amide bonds. The van der Waals surface area contributed by atoms with E-state index in [4.69, 9.17) is 5.11 Å². The summed E-state index contributed by atoms with van der Waals surface area (Å²) in [6.45, 7) is 0. The minimum atomic E-state index is -0.743. The number of rotatable bonds is 2. The molecule has 12 heavy (non-hydrogen) atoms. The van der Waals surface area contributed by atoms with Gasteiger partial charge in [0.2, 0.25) is 0 Å². The predicted octanol–water partition coefficient (Wildman–Crippen LogP) is 0.665. The molecule has 0 bridgehead atoms. The van der Waals surface area contributed by atoms with E-state index in [0.29, 0.717) is 12.2 Å². The van der Waals surface area contributed by atoms with Gasteiger partial charge in [-0.3, -0.25) is 4.79 Å². The van der Waals surface area contributed by atoms with E-state index >= 15 is 0 Å². The molecule has 4 heteroatoms. The second-order valence-corrected chi connectivity index (χ2v) is 2.89. The zero-order valence-electron chi connectivity index (χ0n) is 6.34. The van der Waals surface area contributed by atoms with Crippen LogP contribution in [0.15, 0.2) is 18.5 Å². The minimum Gasteiger partial charge on any atom is -0.481 e. The lowest BCUT2D eigenvalue weighted by Gasteiger charge is -1.93. The summed E-state index contributed by atoms with van der Waals surface area (Å²) in [6, 6.07) is 1.72. The van der Waals surface area contributed by atoms with Crippen molar-refractivity contribution in [2.24, 2.45) is 5.92 Å². The standard InChI is InChI=1S/C8H8N2O2/c11-8(12)6-4-5(6)7-9-2-1-3-10-7/h1-3,5-6H,4H2,(H,11,12)/t5-,6-/m0/s1. The third-order valence-electron chi connectivity index (χ3n) is 2.03. The SMILES string of the molecule is O=C(O)[C@H]1C[C@@H]1c1ncccn1. The van der Waals surface area contributed by atoms with Crippen molar-refractivity contribution >= 4 is 5.97 Å². The highest BCUT2D eigenvalue weighted by atomic mass is 16.4. The normalized spacial score (nSPS) is 26.7. The van der Waals surface area contributed by atoms with Gasteiger partial charge < -0.3 is 5.11 Å². The van der Waals surface area contributed by atoms with Gasteiger partial charge in [0.1, 0.15) is 5.82 Å². The van der Waals surface area contributed by atoms with Gasteiger partial charge in [-0.2, -0.15) is 0 Å². The van der Waals surface area contributed by atoms with Crippen molar-refractivity contribution in [2.45, 2.75) is 12.3 Å². The molecule has 0 aliphatic heterocycles. The van der Waals surface area contributed by atoms with E-state index < -0.39 is 5.97 Å². The van der Waals surface area contributed by atoms with Gasteiger partial charge in [-0.25, -0.2) is 9.97 Å². The molecule has 0 aromatic carbocycles. The van der Waals surface area contributed by atoms with E-state index in [1.807, 2.05) is 0 Å². The lowest BCUT2D eigenvalue weighted by atomic mass is 10.3. The van der Waals surface area contributed by atoms with Gasteiger partial charge >= 0.3 is 5.97 Å². The fourth-order valence-electron chi connectivity index (χ4n) is 1.26. The maximum atomic E-state index is 10.5. The van der Waals surface area contributed by atoms with E-state index in [0.717, 1.165) is 0 Å². The molecule has 1 heterocycles. The molecule has 1 fully saturated rings.